The summed E-state index contributed by atoms with van der Waals surface area (Å²) in [4.78, 5) is 12.0. The molecule has 0 fully saturated rings. The highest BCUT2D eigenvalue weighted by Crippen LogP contribution is 2.16. The van der Waals surface area contributed by atoms with Crippen molar-refractivity contribution in [1.82, 2.24) is 15.4 Å². The fourth-order valence-electron chi connectivity index (χ4n) is 2.19. The molecule has 0 aromatic heterocycles. The Labute approximate surface area is 131 Å². The topological polar surface area (TPSA) is 87.3 Å². The highest BCUT2D eigenvalue weighted by Gasteiger charge is 2.23. The lowest BCUT2D eigenvalue weighted by atomic mass is 9.95. The lowest BCUT2D eigenvalue weighted by Crippen LogP contribution is -2.49. The third-order valence-corrected chi connectivity index (χ3v) is 3.91. The predicted molar refractivity (Wildman–Crippen MR) is 83.9 cm³/mol. The van der Waals surface area contributed by atoms with Crippen molar-refractivity contribution in [2.24, 2.45) is 0 Å². The van der Waals surface area contributed by atoms with E-state index in [1.54, 1.807) is 0 Å². The van der Waals surface area contributed by atoms with E-state index in [9.17, 15) is 13.2 Å². The number of amides is 1. The summed E-state index contributed by atoms with van der Waals surface area (Å²) in [7, 11) is -3.20. The molecule has 1 aromatic rings. The zero-order valence-corrected chi connectivity index (χ0v) is 13.4. The van der Waals surface area contributed by atoms with Gasteiger partial charge in [-0.15, -0.1) is 12.4 Å². The number of carbonyl (C=O) groups is 1. The van der Waals surface area contributed by atoms with E-state index in [2.05, 4.69) is 15.4 Å². The third-order valence-electron chi connectivity index (χ3n) is 3.19. The molecule has 2 rings (SSSR count). The molecule has 1 aliphatic heterocycles. The second kappa shape index (κ2) is 7.74. The fourth-order valence-corrected chi connectivity index (χ4v) is 2.66. The molecule has 0 saturated carbocycles. The van der Waals surface area contributed by atoms with E-state index in [-0.39, 0.29) is 37.4 Å². The van der Waals surface area contributed by atoms with E-state index in [1.807, 2.05) is 24.3 Å². The molecule has 1 amide bonds. The van der Waals surface area contributed by atoms with Gasteiger partial charge in [0.05, 0.1) is 12.3 Å². The Morgan fingerprint density at radius 2 is 1.95 bits per heavy atom. The van der Waals surface area contributed by atoms with Crippen LogP contribution in [0.2, 0.25) is 0 Å². The van der Waals surface area contributed by atoms with Crippen molar-refractivity contribution >= 4 is 28.3 Å². The molecule has 8 heteroatoms. The number of fused-ring (bicyclic) bond motifs is 1. The summed E-state index contributed by atoms with van der Waals surface area (Å²) < 4.78 is 24.1. The van der Waals surface area contributed by atoms with Crippen molar-refractivity contribution in [3.05, 3.63) is 35.4 Å². The van der Waals surface area contributed by atoms with E-state index >= 15 is 0 Å². The van der Waals surface area contributed by atoms with Crippen LogP contribution in [0.1, 0.15) is 11.1 Å². The van der Waals surface area contributed by atoms with Crippen LogP contribution in [0.25, 0.3) is 0 Å². The van der Waals surface area contributed by atoms with Gasteiger partial charge in [-0.2, -0.15) is 0 Å². The Morgan fingerprint density at radius 3 is 2.62 bits per heavy atom. The van der Waals surface area contributed by atoms with Crippen LogP contribution in [0.5, 0.6) is 0 Å². The molecule has 1 aromatic carbocycles. The Hall–Kier alpha value is -1.15. The Kier molecular flexibility index (Phi) is 6.60. The molecule has 21 heavy (non-hydrogen) atoms. The molecule has 0 bridgehead atoms. The zero-order chi connectivity index (χ0) is 14.6. The van der Waals surface area contributed by atoms with Gasteiger partial charge >= 0.3 is 0 Å². The molecule has 1 aliphatic rings. The number of nitrogens with one attached hydrogen (secondary N) is 3. The highest BCUT2D eigenvalue weighted by molar-refractivity contribution is 7.88. The predicted octanol–water partition coefficient (Wildman–Crippen LogP) is -0.212. The Balaban J connectivity index is 0.00000220. The Bertz CT molecular complexity index is 592. The van der Waals surface area contributed by atoms with Crippen molar-refractivity contribution < 1.29 is 13.2 Å². The van der Waals surface area contributed by atoms with Crippen LogP contribution >= 0.6 is 12.4 Å². The Morgan fingerprint density at radius 1 is 1.29 bits per heavy atom. The average Bonchev–Trinajstić information content (AvgIpc) is 2.42. The van der Waals surface area contributed by atoms with Crippen molar-refractivity contribution in [1.29, 1.82) is 0 Å². The monoisotopic (exact) mass is 333 g/mol. The summed E-state index contributed by atoms with van der Waals surface area (Å²) >= 11 is 0. The smallest absolute Gasteiger partial charge is 0.237 e. The van der Waals surface area contributed by atoms with E-state index < -0.39 is 10.0 Å². The van der Waals surface area contributed by atoms with Gasteiger partial charge in [-0.05, 0) is 17.5 Å². The van der Waals surface area contributed by atoms with Gasteiger partial charge in [-0.1, -0.05) is 24.3 Å². The first-order valence-corrected chi connectivity index (χ1v) is 8.37. The number of carbonyl (C=O) groups excluding carboxylic acids is 1. The molecule has 0 saturated heterocycles. The van der Waals surface area contributed by atoms with Gasteiger partial charge in [0.1, 0.15) is 0 Å². The number of rotatable bonds is 5. The number of sulfonamides is 1. The van der Waals surface area contributed by atoms with E-state index in [0.717, 1.165) is 6.26 Å². The fraction of sp³-hybridized carbons (Fsp3) is 0.462. The first-order chi connectivity index (χ1) is 9.46. The quantitative estimate of drug-likeness (QED) is 0.651. The minimum absolute atomic E-state index is 0. The number of hydrogen-bond donors (Lipinski definition) is 3. The van der Waals surface area contributed by atoms with Gasteiger partial charge in [-0.3, -0.25) is 4.79 Å². The maximum atomic E-state index is 12.0. The third kappa shape index (κ3) is 5.62. The molecule has 3 N–H and O–H groups in total. The van der Waals surface area contributed by atoms with Gasteiger partial charge in [-0.25, -0.2) is 13.1 Å². The van der Waals surface area contributed by atoms with Crippen molar-refractivity contribution in [3.63, 3.8) is 0 Å². The molecule has 118 valence electrons. The second-order valence-corrected chi connectivity index (χ2v) is 6.70. The maximum absolute atomic E-state index is 12.0. The summed E-state index contributed by atoms with van der Waals surface area (Å²) in [6, 6.07) is 7.77. The molecule has 1 unspecified atom stereocenters. The van der Waals surface area contributed by atoms with Crippen LogP contribution in [0.4, 0.5) is 0 Å². The van der Waals surface area contributed by atoms with Crippen molar-refractivity contribution in [2.75, 3.05) is 19.3 Å². The van der Waals surface area contributed by atoms with Gasteiger partial charge in [0, 0.05) is 19.6 Å². The summed E-state index contributed by atoms with van der Waals surface area (Å²) in [5.74, 6) is -0.102. The lowest BCUT2D eigenvalue weighted by Gasteiger charge is -2.25. The van der Waals surface area contributed by atoms with Crippen LogP contribution in [0.15, 0.2) is 24.3 Å². The normalized spacial score (nSPS) is 17.5. The number of benzene rings is 1. The van der Waals surface area contributed by atoms with E-state index in [0.29, 0.717) is 13.0 Å². The number of halogens is 1. The van der Waals surface area contributed by atoms with Gasteiger partial charge in [0.2, 0.25) is 15.9 Å². The molecular weight excluding hydrogens is 314 g/mol. The van der Waals surface area contributed by atoms with Crippen molar-refractivity contribution in [2.45, 2.75) is 19.0 Å². The van der Waals surface area contributed by atoms with E-state index in [4.69, 9.17) is 0 Å². The molecule has 1 heterocycles. The summed E-state index contributed by atoms with van der Waals surface area (Å²) in [5, 5.41) is 5.91. The van der Waals surface area contributed by atoms with Crippen LogP contribution in [-0.4, -0.2) is 39.7 Å². The molecule has 0 spiro atoms. The minimum atomic E-state index is -3.20. The summed E-state index contributed by atoms with van der Waals surface area (Å²) in [6.45, 7) is 1.16. The van der Waals surface area contributed by atoms with Crippen molar-refractivity contribution in [3.8, 4) is 0 Å². The largest absolute Gasteiger partial charge is 0.353 e. The SMILES string of the molecule is CS(=O)(=O)NCCNC(=O)C1Cc2ccccc2CN1.Cl. The zero-order valence-electron chi connectivity index (χ0n) is 11.8. The maximum Gasteiger partial charge on any atom is 0.237 e. The first kappa shape index (κ1) is 17.9. The van der Waals surface area contributed by atoms with Gasteiger partial charge in [0.15, 0.2) is 0 Å². The average molecular weight is 334 g/mol. The van der Waals surface area contributed by atoms with Crippen LogP contribution in [-0.2, 0) is 27.8 Å². The van der Waals surface area contributed by atoms with Gasteiger partial charge < -0.3 is 10.6 Å². The minimum Gasteiger partial charge on any atom is -0.353 e. The highest BCUT2D eigenvalue weighted by atomic mass is 35.5. The number of hydrogen-bond acceptors (Lipinski definition) is 4. The van der Waals surface area contributed by atoms with Crippen LogP contribution in [0.3, 0.4) is 0 Å². The molecule has 0 aliphatic carbocycles. The molecule has 0 radical (unpaired) electrons. The first-order valence-electron chi connectivity index (χ1n) is 6.48. The van der Waals surface area contributed by atoms with Gasteiger partial charge in [0.25, 0.3) is 0 Å². The summed E-state index contributed by atoms with van der Waals surface area (Å²) in [5.41, 5.74) is 2.40. The van der Waals surface area contributed by atoms with Crippen LogP contribution < -0.4 is 15.4 Å². The van der Waals surface area contributed by atoms with Crippen LogP contribution in [0, 0.1) is 0 Å². The second-order valence-electron chi connectivity index (χ2n) is 4.86. The lowest BCUT2D eigenvalue weighted by molar-refractivity contribution is -0.123. The van der Waals surface area contributed by atoms with E-state index in [1.165, 1.54) is 11.1 Å². The molecule has 6 nitrogen and oxygen atoms in total. The standard InChI is InChI=1S/C13H19N3O3S.ClH/c1-20(18,19)16-7-6-14-13(17)12-8-10-4-2-3-5-11(10)9-15-12;/h2-5,12,15-16H,6-9H2,1H3,(H,14,17);1H. The summed E-state index contributed by atoms with van der Waals surface area (Å²) in [6.07, 6.45) is 1.75. The molecular formula is C13H20ClN3O3S. The molecule has 1 atom stereocenters.